The van der Waals surface area contributed by atoms with Gasteiger partial charge in [-0.3, -0.25) is 9.59 Å². The van der Waals surface area contributed by atoms with Crippen LogP contribution in [0.1, 0.15) is 62.2 Å². The summed E-state index contributed by atoms with van der Waals surface area (Å²) in [5.41, 5.74) is 1.06. The molecule has 6 nitrogen and oxygen atoms in total. The summed E-state index contributed by atoms with van der Waals surface area (Å²) in [5, 5.41) is 19.1. The second kappa shape index (κ2) is 12.6. The fourth-order valence-electron chi connectivity index (χ4n) is 3.65. The maximum atomic E-state index is 12.2. The van der Waals surface area contributed by atoms with E-state index in [0.717, 1.165) is 19.3 Å². The maximum absolute atomic E-state index is 12.2. The number of amides is 1. The minimum Gasteiger partial charge on any atom is -0.481 e. The Kier molecular flexibility index (Phi) is 10.2. The molecule has 0 spiro atoms. The Balaban J connectivity index is 1.84. The molecular weight excluding hydrogens is 427 g/mol. The average Bonchev–Trinajstić information content (AvgIpc) is 3.07. The van der Waals surface area contributed by atoms with Crippen molar-refractivity contribution in [3.63, 3.8) is 0 Å². The van der Waals surface area contributed by atoms with E-state index in [1.807, 2.05) is 0 Å². The Bertz CT molecular complexity index is 781. The second-order valence-electron chi connectivity index (χ2n) is 7.93. The van der Waals surface area contributed by atoms with Crippen molar-refractivity contribution >= 4 is 11.9 Å². The minimum atomic E-state index is -4.39. The van der Waals surface area contributed by atoms with Gasteiger partial charge in [-0.05, 0) is 30.4 Å². The number of aliphatic hydroxyl groups is 1. The SMILES string of the molecule is O=C(O)CCCCCCN1C(=O)CC[C@@H]1/C=C/[C@@H](O)c1cccc(COCC(F)(F)F)c1. The van der Waals surface area contributed by atoms with Gasteiger partial charge in [0.2, 0.25) is 5.91 Å². The van der Waals surface area contributed by atoms with E-state index >= 15 is 0 Å². The number of alkyl halides is 3. The van der Waals surface area contributed by atoms with Crippen molar-refractivity contribution in [2.75, 3.05) is 13.2 Å². The van der Waals surface area contributed by atoms with E-state index in [1.54, 1.807) is 41.3 Å². The molecule has 1 heterocycles. The molecule has 0 aliphatic carbocycles. The molecule has 1 aromatic carbocycles. The van der Waals surface area contributed by atoms with E-state index in [9.17, 15) is 27.9 Å². The molecule has 32 heavy (non-hydrogen) atoms. The maximum Gasteiger partial charge on any atom is 0.411 e. The number of aliphatic hydroxyl groups excluding tert-OH is 1. The van der Waals surface area contributed by atoms with Crippen molar-refractivity contribution in [1.82, 2.24) is 4.90 Å². The van der Waals surface area contributed by atoms with Crippen molar-refractivity contribution in [1.29, 1.82) is 0 Å². The number of unbranched alkanes of at least 4 members (excludes halogenated alkanes) is 3. The van der Waals surface area contributed by atoms with Crippen molar-refractivity contribution in [3.8, 4) is 0 Å². The molecule has 1 aliphatic heterocycles. The third-order valence-corrected chi connectivity index (χ3v) is 5.26. The van der Waals surface area contributed by atoms with Crippen LogP contribution < -0.4 is 0 Å². The van der Waals surface area contributed by atoms with Crippen LogP contribution in [0.5, 0.6) is 0 Å². The first-order valence-electron chi connectivity index (χ1n) is 10.8. The fourth-order valence-corrected chi connectivity index (χ4v) is 3.65. The lowest BCUT2D eigenvalue weighted by Gasteiger charge is -2.22. The van der Waals surface area contributed by atoms with Gasteiger partial charge in [0, 0.05) is 19.4 Å². The number of nitrogens with zero attached hydrogens (tertiary/aromatic N) is 1. The number of likely N-dealkylation sites (tertiary alicyclic amines) is 1. The lowest BCUT2D eigenvalue weighted by Crippen LogP contribution is -2.32. The lowest BCUT2D eigenvalue weighted by molar-refractivity contribution is -0.176. The molecule has 9 heteroatoms. The number of aliphatic carboxylic acids is 1. The Morgan fingerprint density at radius 3 is 2.72 bits per heavy atom. The van der Waals surface area contributed by atoms with Gasteiger partial charge in [-0.25, -0.2) is 0 Å². The summed E-state index contributed by atoms with van der Waals surface area (Å²) in [6.07, 6.45) is 2.37. The number of halogens is 3. The first-order valence-corrected chi connectivity index (χ1v) is 10.8. The van der Waals surface area contributed by atoms with Crippen molar-refractivity contribution in [2.45, 2.75) is 69.9 Å². The van der Waals surface area contributed by atoms with Gasteiger partial charge in [0.25, 0.3) is 0 Å². The van der Waals surface area contributed by atoms with Gasteiger partial charge in [-0.15, -0.1) is 0 Å². The number of carbonyl (C=O) groups is 2. The molecule has 2 rings (SSSR count). The number of ether oxygens (including phenoxy) is 1. The molecule has 0 aromatic heterocycles. The van der Waals surface area contributed by atoms with Crippen molar-refractivity contribution < 1.29 is 37.7 Å². The van der Waals surface area contributed by atoms with Crippen LogP contribution in [0.4, 0.5) is 13.2 Å². The zero-order chi connectivity index (χ0) is 23.6. The van der Waals surface area contributed by atoms with Crippen LogP contribution in [0.15, 0.2) is 36.4 Å². The van der Waals surface area contributed by atoms with Crippen LogP contribution in [-0.2, 0) is 20.9 Å². The normalized spacial score (nSPS) is 17.9. The average molecular weight is 457 g/mol. The summed E-state index contributed by atoms with van der Waals surface area (Å²) in [6, 6.07) is 6.43. The van der Waals surface area contributed by atoms with E-state index < -0.39 is 24.9 Å². The zero-order valence-corrected chi connectivity index (χ0v) is 17.9. The van der Waals surface area contributed by atoms with E-state index in [1.165, 1.54) is 0 Å². The smallest absolute Gasteiger partial charge is 0.411 e. The van der Waals surface area contributed by atoms with Gasteiger partial charge in [0.1, 0.15) is 6.61 Å². The monoisotopic (exact) mass is 457 g/mol. The van der Waals surface area contributed by atoms with Gasteiger partial charge in [-0.1, -0.05) is 49.3 Å². The first kappa shape index (κ1) is 25.9. The minimum absolute atomic E-state index is 0.0588. The van der Waals surface area contributed by atoms with Gasteiger partial charge < -0.3 is 19.8 Å². The Hall–Kier alpha value is -2.39. The van der Waals surface area contributed by atoms with Crippen LogP contribution >= 0.6 is 0 Å². The van der Waals surface area contributed by atoms with Crippen LogP contribution in [0.25, 0.3) is 0 Å². The third-order valence-electron chi connectivity index (χ3n) is 5.26. The summed E-state index contributed by atoms with van der Waals surface area (Å²) >= 11 is 0. The predicted octanol–water partition coefficient (Wildman–Crippen LogP) is 4.38. The molecule has 1 amide bonds. The molecule has 1 saturated heterocycles. The van der Waals surface area contributed by atoms with E-state index in [-0.39, 0.29) is 25.0 Å². The van der Waals surface area contributed by atoms with Crippen molar-refractivity contribution in [3.05, 3.63) is 47.5 Å². The molecule has 0 saturated carbocycles. The van der Waals surface area contributed by atoms with Crippen LogP contribution in [0, 0.1) is 0 Å². The molecule has 0 unspecified atom stereocenters. The summed E-state index contributed by atoms with van der Waals surface area (Å²) in [4.78, 5) is 24.5. The molecule has 0 bridgehead atoms. The first-order chi connectivity index (χ1) is 15.2. The van der Waals surface area contributed by atoms with E-state index in [4.69, 9.17) is 5.11 Å². The summed E-state index contributed by atoms with van der Waals surface area (Å²) in [7, 11) is 0. The highest BCUT2D eigenvalue weighted by Gasteiger charge is 2.29. The second-order valence-corrected chi connectivity index (χ2v) is 7.93. The summed E-state index contributed by atoms with van der Waals surface area (Å²) < 4.78 is 41.3. The predicted molar refractivity (Wildman–Crippen MR) is 112 cm³/mol. The summed E-state index contributed by atoms with van der Waals surface area (Å²) in [5.74, 6) is -0.744. The van der Waals surface area contributed by atoms with Crippen molar-refractivity contribution in [2.24, 2.45) is 0 Å². The highest BCUT2D eigenvalue weighted by Crippen LogP contribution is 2.23. The van der Waals surface area contributed by atoms with Gasteiger partial charge in [0.05, 0.1) is 18.8 Å². The fraction of sp³-hybridized carbons (Fsp3) is 0.565. The van der Waals surface area contributed by atoms with E-state index in [2.05, 4.69) is 4.74 Å². The van der Waals surface area contributed by atoms with Crippen LogP contribution in [-0.4, -0.2) is 52.4 Å². The third kappa shape index (κ3) is 9.40. The molecule has 1 aliphatic rings. The van der Waals surface area contributed by atoms with Gasteiger partial charge >= 0.3 is 12.1 Å². The highest BCUT2D eigenvalue weighted by atomic mass is 19.4. The molecular formula is C23H30F3NO5. The van der Waals surface area contributed by atoms with Gasteiger partial charge in [0.15, 0.2) is 0 Å². The number of carbonyl (C=O) groups excluding carboxylic acids is 1. The number of hydrogen-bond acceptors (Lipinski definition) is 4. The molecule has 2 N–H and O–H groups in total. The topological polar surface area (TPSA) is 87.1 Å². The Labute approximate surface area is 185 Å². The largest absolute Gasteiger partial charge is 0.481 e. The number of hydrogen-bond donors (Lipinski definition) is 2. The number of carboxylic acid groups (broad SMARTS) is 1. The molecule has 2 atom stereocenters. The number of rotatable bonds is 13. The standard InChI is InChI=1S/C23H30F3NO5/c24-23(25,26)16-32-15-17-6-5-7-18(14-17)20(28)11-9-19-10-12-21(29)27(19)13-4-2-1-3-8-22(30)31/h5-7,9,11,14,19-20,28H,1-4,8,10,12-13,15-16H2,(H,30,31)/b11-9+/t19-,20+/m0/s1. The molecule has 178 valence electrons. The highest BCUT2D eigenvalue weighted by molar-refractivity contribution is 5.79. The van der Waals surface area contributed by atoms with E-state index in [0.29, 0.717) is 36.9 Å². The molecule has 1 aromatic rings. The molecule has 1 fully saturated rings. The lowest BCUT2D eigenvalue weighted by atomic mass is 10.0. The Morgan fingerprint density at radius 1 is 1.25 bits per heavy atom. The number of carboxylic acids is 1. The quantitative estimate of drug-likeness (QED) is 0.339. The molecule has 0 radical (unpaired) electrons. The van der Waals surface area contributed by atoms with Crippen LogP contribution in [0.3, 0.4) is 0 Å². The zero-order valence-electron chi connectivity index (χ0n) is 17.9. The van der Waals surface area contributed by atoms with Crippen LogP contribution in [0.2, 0.25) is 0 Å². The number of benzene rings is 1. The van der Waals surface area contributed by atoms with Gasteiger partial charge in [-0.2, -0.15) is 13.2 Å². The summed E-state index contributed by atoms with van der Waals surface area (Å²) in [6.45, 7) is -0.949. The Morgan fingerprint density at radius 2 is 2.00 bits per heavy atom.